The number of hydrogen-bond acceptors (Lipinski definition) is 2. The van der Waals surface area contributed by atoms with E-state index in [1.807, 2.05) is 0 Å². The molecule has 2 heterocycles. The van der Waals surface area contributed by atoms with Gasteiger partial charge in [-0.2, -0.15) is 0 Å². The third kappa shape index (κ3) is 1.68. The number of nitrogens with one attached hydrogen (secondary N) is 2. The molecule has 2 aromatic heterocycles. The topological polar surface area (TPSA) is 95.0 Å². The smallest absolute Gasteiger partial charge is 0.322 e. The van der Waals surface area contributed by atoms with Crippen LogP contribution in [0, 0.1) is 0 Å². The summed E-state index contributed by atoms with van der Waals surface area (Å²) in [6, 6.07) is 6.78. The van der Waals surface area contributed by atoms with Crippen molar-refractivity contribution in [2.75, 3.05) is 4.90 Å². The minimum atomic E-state index is -1.01. The van der Waals surface area contributed by atoms with Crippen LogP contribution in [0.15, 0.2) is 36.7 Å². The molecule has 0 saturated heterocycles. The van der Waals surface area contributed by atoms with Gasteiger partial charge in [-0.1, -0.05) is 0 Å². The fourth-order valence-electron chi connectivity index (χ4n) is 1.38. The van der Waals surface area contributed by atoms with E-state index in [0.29, 0.717) is 11.6 Å². The minimum Gasteiger partial charge on any atom is -0.361 e. The van der Waals surface area contributed by atoms with Gasteiger partial charge < -0.3 is 15.7 Å². The molecule has 0 fully saturated rings. The van der Waals surface area contributed by atoms with Crippen LogP contribution in [0.1, 0.15) is 0 Å². The highest BCUT2D eigenvalue weighted by Gasteiger charge is 2.23. The summed E-state index contributed by atoms with van der Waals surface area (Å²) in [6.07, 6.45) is 3.30. The predicted molar refractivity (Wildman–Crippen MR) is 57.9 cm³/mol. The molecule has 6 nitrogen and oxygen atoms in total. The first-order valence-corrected chi connectivity index (χ1v) is 4.61. The first kappa shape index (κ1) is 10.0. The highest BCUT2D eigenvalue weighted by atomic mass is 16.2. The lowest BCUT2D eigenvalue weighted by Crippen LogP contribution is -2.37. The van der Waals surface area contributed by atoms with Crippen LogP contribution in [0.2, 0.25) is 0 Å². The van der Waals surface area contributed by atoms with Crippen molar-refractivity contribution in [1.29, 1.82) is 0 Å². The number of nitrogens with zero attached hydrogens (tertiary/aromatic N) is 1. The Morgan fingerprint density at radius 3 is 1.88 bits per heavy atom. The molecule has 0 atom stereocenters. The van der Waals surface area contributed by atoms with E-state index in [0.717, 1.165) is 0 Å². The largest absolute Gasteiger partial charge is 0.361 e. The summed E-state index contributed by atoms with van der Waals surface area (Å²) in [5.41, 5.74) is 4.99. The second-order valence-corrected chi connectivity index (χ2v) is 3.12. The quantitative estimate of drug-likeness (QED) is 0.640. The predicted octanol–water partition coefficient (Wildman–Crippen LogP) is 0.493. The lowest BCUT2D eigenvalue weighted by Gasteiger charge is -2.17. The van der Waals surface area contributed by atoms with Crippen LogP contribution in [-0.2, 0) is 9.59 Å². The van der Waals surface area contributed by atoms with Crippen LogP contribution in [0.25, 0.3) is 0 Å². The van der Waals surface area contributed by atoms with Gasteiger partial charge in [0.25, 0.3) is 0 Å². The fourth-order valence-corrected chi connectivity index (χ4v) is 1.38. The Morgan fingerprint density at radius 1 is 1.06 bits per heavy atom. The molecule has 16 heavy (non-hydrogen) atoms. The summed E-state index contributed by atoms with van der Waals surface area (Å²) in [5, 5.41) is 0. The van der Waals surface area contributed by atoms with Crippen LogP contribution in [-0.4, -0.2) is 21.8 Å². The van der Waals surface area contributed by atoms with Gasteiger partial charge in [0.05, 0.1) is 0 Å². The van der Waals surface area contributed by atoms with Gasteiger partial charge in [0.2, 0.25) is 0 Å². The highest BCUT2D eigenvalue weighted by Crippen LogP contribution is 2.21. The number of anilines is 2. The van der Waals surface area contributed by atoms with Gasteiger partial charge in [-0.25, -0.2) is 4.90 Å². The molecule has 0 saturated carbocycles. The second kappa shape index (κ2) is 3.93. The standard InChI is InChI=1S/C10H10N4O2/c11-9(15)10(16)14(7-3-1-5-12-7)8-4-2-6-13-8/h1-6,12-13H,(H2,11,15). The molecule has 0 aromatic carbocycles. The van der Waals surface area contributed by atoms with Gasteiger partial charge in [-0.3, -0.25) is 9.59 Å². The molecule has 2 amide bonds. The second-order valence-electron chi connectivity index (χ2n) is 3.12. The first-order chi connectivity index (χ1) is 7.70. The summed E-state index contributed by atoms with van der Waals surface area (Å²) in [6.45, 7) is 0. The molecule has 0 aliphatic carbocycles. The van der Waals surface area contributed by atoms with E-state index in [2.05, 4.69) is 9.97 Å². The minimum absolute atomic E-state index is 0.478. The van der Waals surface area contributed by atoms with Crippen molar-refractivity contribution in [3.05, 3.63) is 36.7 Å². The Hall–Kier alpha value is -2.50. The van der Waals surface area contributed by atoms with Crippen molar-refractivity contribution >= 4 is 23.5 Å². The Labute approximate surface area is 91.1 Å². The number of rotatable bonds is 2. The number of aromatic amines is 2. The summed E-state index contributed by atoms with van der Waals surface area (Å²) in [7, 11) is 0. The molecular formula is C10H10N4O2. The zero-order valence-electron chi connectivity index (χ0n) is 8.31. The number of nitrogens with two attached hydrogens (primary N) is 1. The highest BCUT2D eigenvalue weighted by molar-refractivity contribution is 6.41. The molecule has 2 aromatic rings. The number of primary amides is 1. The maximum atomic E-state index is 11.7. The Morgan fingerprint density at radius 2 is 1.56 bits per heavy atom. The van der Waals surface area contributed by atoms with Crippen molar-refractivity contribution in [2.24, 2.45) is 5.73 Å². The third-order valence-electron chi connectivity index (χ3n) is 2.06. The molecule has 0 bridgehead atoms. The van der Waals surface area contributed by atoms with Crippen molar-refractivity contribution < 1.29 is 9.59 Å². The zero-order chi connectivity index (χ0) is 11.5. The average Bonchev–Trinajstić information content (AvgIpc) is 2.89. The normalized spacial score (nSPS) is 10.0. The van der Waals surface area contributed by atoms with E-state index in [9.17, 15) is 9.59 Å². The Kier molecular flexibility index (Phi) is 2.47. The van der Waals surface area contributed by atoms with Crippen molar-refractivity contribution in [2.45, 2.75) is 0 Å². The van der Waals surface area contributed by atoms with E-state index < -0.39 is 11.8 Å². The van der Waals surface area contributed by atoms with Crippen LogP contribution < -0.4 is 10.6 Å². The van der Waals surface area contributed by atoms with Crippen LogP contribution >= 0.6 is 0 Å². The summed E-state index contributed by atoms with van der Waals surface area (Å²) < 4.78 is 0. The van der Waals surface area contributed by atoms with Crippen molar-refractivity contribution in [1.82, 2.24) is 9.97 Å². The van der Waals surface area contributed by atoms with Crippen LogP contribution in [0.3, 0.4) is 0 Å². The monoisotopic (exact) mass is 218 g/mol. The maximum absolute atomic E-state index is 11.7. The Bertz CT molecular complexity index is 453. The first-order valence-electron chi connectivity index (χ1n) is 4.61. The van der Waals surface area contributed by atoms with E-state index in [1.54, 1.807) is 36.7 Å². The van der Waals surface area contributed by atoms with Gasteiger partial charge in [-0.15, -0.1) is 0 Å². The van der Waals surface area contributed by atoms with E-state index >= 15 is 0 Å². The number of amides is 2. The van der Waals surface area contributed by atoms with E-state index in [4.69, 9.17) is 5.73 Å². The number of aromatic nitrogens is 2. The Balaban J connectivity index is 2.42. The molecule has 0 radical (unpaired) electrons. The number of H-pyrrole nitrogens is 2. The SMILES string of the molecule is NC(=O)C(=O)N(c1ccc[nH]1)c1ccc[nH]1. The maximum Gasteiger partial charge on any atom is 0.322 e. The molecule has 4 N–H and O–H groups in total. The summed E-state index contributed by atoms with van der Waals surface area (Å²) in [4.78, 5) is 29.4. The molecule has 2 rings (SSSR count). The van der Waals surface area contributed by atoms with Gasteiger partial charge in [0.15, 0.2) is 0 Å². The molecule has 82 valence electrons. The van der Waals surface area contributed by atoms with Crippen LogP contribution in [0.4, 0.5) is 11.6 Å². The summed E-state index contributed by atoms with van der Waals surface area (Å²) >= 11 is 0. The molecule has 0 unspecified atom stereocenters. The van der Waals surface area contributed by atoms with Crippen molar-refractivity contribution in [3.8, 4) is 0 Å². The molecule has 0 aliphatic heterocycles. The molecule has 6 heteroatoms. The van der Waals surface area contributed by atoms with Crippen molar-refractivity contribution in [3.63, 3.8) is 0 Å². The van der Waals surface area contributed by atoms with E-state index in [1.165, 1.54) is 4.90 Å². The van der Waals surface area contributed by atoms with E-state index in [-0.39, 0.29) is 0 Å². The molecule has 0 spiro atoms. The molecular weight excluding hydrogens is 208 g/mol. The van der Waals surface area contributed by atoms with Crippen LogP contribution in [0.5, 0.6) is 0 Å². The lowest BCUT2D eigenvalue weighted by atomic mass is 10.4. The number of hydrogen-bond donors (Lipinski definition) is 3. The third-order valence-corrected chi connectivity index (χ3v) is 2.06. The van der Waals surface area contributed by atoms with Gasteiger partial charge >= 0.3 is 11.8 Å². The lowest BCUT2D eigenvalue weighted by molar-refractivity contribution is -0.135. The number of carbonyl (C=O) groups is 2. The van der Waals surface area contributed by atoms with Gasteiger partial charge in [0, 0.05) is 12.4 Å². The number of carbonyl (C=O) groups excluding carboxylic acids is 2. The zero-order valence-corrected chi connectivity index (χ0v) is 8.31. The van der Waals surface area contributed by atoms with Gasteiger partial charge in [0.1, 0.15) is 11.6 Å². The summed E-state index contributed by atoms with van der Waals surface area (Å²) in [5.74, 6) is -0.855. The average molecular weight is 218 g/mol. The fraction of sp³-hybridized carbons (Fsp3) is 0. The molecule has 0 aliphatic rings. The van der Waals surface area contributed by atoms with Gasteiger partial charge in [-0.05, 0) is 24.3 Å².